The van der Waals surface area contributed by atoms with Crippen molar-refractivity contribution in [3.05, 3.63) is 0 Å². The van der Waals surface area contributed by atoms with Crippen molar-refractivity contribution < 1.29 is 15.3 Å². The zero-order chi connectivity index (χ0) is 9.23. The lowest BCUT2D eigenvalue weighted by Crippen LogP contribution is -2.64. The summed E-state index contributed by atoms with van der Waals surface area (Å²) in [6.45, 7) is 4.33. The smallest absolute Gasteiger partial charge is 0.0934 e. The molecular formula is C7H17NO3. The summed E-state index contributed by atoms with van der Waals surface area (Å²) in [4.78, 5) is 0. The van der Waals surface area contributed by atoms with E-state index in [-0.39, 0.29) is 0 Å². The Morgan fingerprint density at radius 3 is 1.09 bits per heavy atom. The standard InChI is InChI=1S/C7H17NO3/c1-4(9)7(8,5(2)10)6(3)11/h4-6,9-11H,8H2,1-3H3. The Balaban J connectivity index is 4.53. The van der Waals surface area contributed by atoms with Crippen LogP contribution in [0.25, 0.3) is 0 Å². The molecule has 68 valence electrons. The molecule has 0 saturated carbocycles. The molecule has 0 rings (SSSR count). The Kier molecular flexibility index (Phi) is 3.44. The summed E-state index contributed by atoms with van der Waals surface area (Å²) in [5, 5.41) is 27.5. The first-order valence-corrected chi connectivity index (χ1v) is 3.66. The van der Waals surface area contributed by atoms with Crippen molar-refractivity contribution in [2.75, 3.05) is 0 Å². The van der Waals surface area contributed by atoms with Gasteiger partial charge in [-0.25, -0.2) is 0 Å². The summed E-state index contributed by atoms with van der Waals surface area (Å²) in [7, 11) is 0. The van der Waals surface area contributed by atoms with Crippen LogP contribution >= 0.6 is 0 Å². The molecule has 0 bridgehead atoms. The van der Waals surface area contributed by atoms with E-state index in [1.807, 2.05) is 0 Å². The maximum Gasteiger partial charge on any atom is 0.0934 e. The number of rotatable bonds is 3. The Morgan fingerprint density at radius 1 is 0.909 bits per heavy atom. The third-order valence-electron chi connectivity index (χ3n) is 2.17. The maximum absolute atomic E-state index is 9.17. The lowest BCUT2D eigenvalue weighted by molar-refractivity contribution is -0.0590. The highest BCUT2D eigenvalue weighted by Crippen LogP contribution is 2.17. The largest absolute Gasteiger partial charge is 0.391 e. The van der Waals surface area contributed by atoms with E-state index in [2.05, 4.69) is 0 Å². The molecule has 0 aliphatic rings. The summed E-state index contributed by atoms with van der Waals surface area (Å²) in [5.74, 6) is 0. The zero-order valence-corrected chi connectivity index (χ0v) is 7.15. The van der Waals surface area contributed by atoms with Crippen LogP contribution < -0.4 is 5.73 Å². The molecule has 3 unspecified atom stereocenters. The molecule has 4 heteroatoms. The van der Waals surface area contributed by atoms with Gasteiger partial charge in [-0.1, -0.05) is 0 Å². The second kappa shape index (κ2) is 3.49. The average Bonchev–Trinajstić information content (AvgIpc) is 1.84. The van der Waals surface area contributed by atoms with Crippen LogP contribution in [0.2, 0.25) is 0 Å². The van der Waals surface area contributed by atoms with Crippen LogP contribution in [0.4, 0.5) is 0 Å². The fourth-order valence-corrected chi connectivity index (χ4v) is 1.05. The van der Waals surface area contributed by atoms with Crippen molar-refractivity contribution in [2.24, 2.45) is 5.73 Å². The number of aliphatic hydroxyl groups is 3. The average molecular weight is 163 g/mol. The normalized spacial score (nSPS) is 25.4. The van der Waals surface area contributed by atoms with Crippen LogP contribution in [0, 0.1) is 0 Å². The topological polar surface area (TPSA) is 86.7 Å². The van der Waals surface area contributed by atoms with Gasteiger partial charge in [0.15, 0.2) is 0 Å². The fourth-order valence-electron chi connectivity index (χ4n) is 1.05. The van der Waals surface area contributed by atoms with E-state index in [9.17, 15) is 0 Å². The van der Waals surface area contributed by atoms with Crippen molar-refractivity contribution in [3.63, 3.8) is 0 Å². The van der Waals surface area contributed by atoms with Crippen LogP contribution in [0.3, 0.4) is 0 Å². The predicted octanol–water partition coefficient (Wildman–Crippen LogP) is -1.17. The molecule has 0 radical (unpaired) electrons. The predicted molar refractivity (Wildman–Crippen MR) is 42.0 cm³/mol. The Morgan fingerprint density at radius 2 is 1.09 bits per heavy atom. The van der Waals surface area contributed by atoms with Crippen molar-refractivity contribution in [2.45, 2.75) is 44.6 Å². The molecular weight excluding hydrogens is 146 g/mol. The van der Waals surface area contributed by atoms with E-state index in [1.54, 1.807) is 0 Å². The second-order valence-electron chi connectivity index (χ2n) is 3.03. The van der Waals surface area contributed by atoms with Gasteiger partial charge in [0.2, 0.25) is 0 Å². The fraction of sp³-hybridized carbons (Fsp3) is 1.00. The molecule has 0 spiro atoms. The van der Waals surface area contributed by atoms with Crippen molar-refractivity contribution >= 4 is 0 Å². The van der Waals surface area contributed by atoms with Gasteiger partial charge in [0.05, 0.1) is 23.9 Å². The molecule has 0 aliphatic carbocycles. The van der Waals surface area contributed by atoms with Crippen molar-refractivity contribution in [1.82, 2.24) is 0 Å². The van der Waals surface area contributed by atoms with Gasteiger partial charge in [0.1, 0.15) is 0 Å². The highest BCUT2D eigenvalue weighted by molar-refractivity contribution is 4.98. The van der Waals surface area contributed by atoms with Crippen molar-refractivity contribution in [1.29, 1.82) is 0 Å². The minimum atomic E-state index is -1.33. The van der Waals surface area contributed by atoms with Gasteiger partial charge < -0.3 is 21.1 Å². The van der Waals surface area contributed by atoms with E-state index in [1.165, 1.54) is 20.8 Å². The second-order valence-corrected chi connectivity index (χ2v) is 3.03. The van der Waals surface area contributed by atoms with Gasteiger partial charge >= 0.3 is 0 Å². The van der Waals surface area contributed by atoms with E-state index >= 15 is 0 Å². The summed E-state index contributed by atoms with van der Waals surface area (Å²) >= 11 is 0. The van der Waals surface area contributed by atoms with Crippen LogP contribution in [0.1, 0.15) is 20.8 Å². The van der Waals surface area contributed by atoms with Crippen LogP contribution in [0.5, 0.6) is 0 Å². The number of hydrogen-bond acceptors (Lipinski definition) is 4. The monoisotopic (exact) mass is 163 g/mol. The molecule has 0 aromatic carbocycles. The molecule has 0 aliphatic heterocycles. The van der Waals surface area contributed by atoms with Gasteiger partial charge in [-0.05, 0) is 20.8 Å². The molecule has 0 saturated heterocycles. The van der Waals surface area contributed by atoms with E-state index < -0.39 is 23.9 Å². The number of nitrogens with two attached hydrogens (primary N) is 1. The van der Waals surface area contributed by atoms with Crippen molar-refractivity contribution in [3.8, 4) is 0 Å². The van der Waals surface area contributed by atoms with E-state index in [4.69, 9.17) is 21.1 Å². The molecule has 11 heavy (non-hydrogen) atoms. The SMILES string of the molecule is CC(O)C(N)(C(C)O)C(C)O. The molecule has 0 aromatic heterocycles. The Labute approximate surface area is 66.7 Å². The number of hydrogen-bond donors (Lipinski definition) is 4. The molecule has 5 N–H and O–H groups in total. The first-order valence-electron chi connectivity index (χ1n) is 3.66. The van der Waals surface area contributed by atoms with E-state index in [0.29, 0.717) is 0 Å². The summed E-state index contributed by atoms with van der Waals surface area (Å²) in [6.07, 6.45) is -2.83. The summed E-state index contributed by atoms with van der Waals surface area (Å²) in [6, 6.07) is 0. The van der Waals surface area contributed by atoms with Crippen LogP contribution in [-0.2, 0) is 0 Å². The minimum Gasteiger partial charge on any atom is -0.391 e. The highest BCUT2D eigenvalue weighted by Gasteiger charge is 2.40. The minimum absolute atomic E-state index is 0.942. The van der Waals surface area contributed by atoms with Gasteiger partial charge in [-0.3, -0.25) is 0 Å². The molecule has 0 fully saturated rings. The molecule has 0 amide bonds. The maximum atomic E-state index is 9.17. The van der Waals surface area contributed by atoms with Crippen LogP contribution in [0.15, 0.2) is 0 Å². The van der Waals surface area contributed by atoms with Gasteiger partial charge in [0, 0.05) is 0 Å². The summed E-state index contributed by atoms with van der Waals surface area (Å²) in [5.41, 5.74) is 4.24. The third kappa shape index (κ3) is 1.90. The molecule has 0 heterocycles. The number of aliphatic hydroxyl groups excluding tert-OH is 3. The third-order valence-corrected chi connectivity index (χ3v) is 2.17. The quantitative estimate of drug-likeness (QED) is 0.422. The first-order chi connectivity index (χ1) is 4.83. The van der Waals surface area contributed by atoms with Crippen LogP contribution in [-0.4, -0.2) is 39.2 Å². The lowest BCUT2D eigenvalue weighted by Gasteiger charge is -2.37. The molecule has 4 nitrogen and oxygen atoms in total. The zero-order valence-electron chi connectivity index (χ0n) is 7.15. The highest BCUT2D eigenvalue weighted by atomic mass is 16.3. The molecule has 0 aromatic rings. The summed E-state index contributed by atoms with van der Waals surface area (Å²) < 4.78 is 0. The Bertz CT molecular complexity index is 101. The van der Waals surface area contributed by atoms with E-state index in [0.717, 1.165) is 0 Å². The molecule has 3 atom stereocenters. The lowest BCUT2D eigenvalue weighted by atomic mass is 9.84. The van der Waals surface area contributed by atoms with Gasteiger partial charge in [-0.2, -0.15) is 0 Å². The van der Waals surface area contributed by atoms with Gasteiger partial charge in [-0.15, -0.1) is 0 Å². The Hall–Kier alpha value is -0.160. The first kappa shape index (κ1) is 10.8. The van der Waals surface area contributed by atoms with Gasteiger partial charge in [0.25, 0.3) is 0 Å².